The Bertz CT molecular complexity index is 229. The van der Waals surface area contributed by atoms with Crippen molar-refractivity contribution in [2.45, 2.75) is 12.8 Å². The van der Waals surface area contributed by atoms with E-state index in [0.717, 1.165) is 0 Å². The molecule has 3 nitrogen and oxygen atoms in total. The monoisotopic (exact) mass is 214 g/mol. The topological polar surface area (TPSA) is 43.4 Å². The Morgan fingerprint density at radius 3 is 1.92 bits per heavy atom. The maximum Gasteiger partial charge on any atom is 0.405 e. The number of alkyl halides is 5. The van der Waals surface area contributed by atoms with E-state index in [1.165, 1.54) is 0 Å². The van der Waals surface area contributed by atoms with Gasteiger partial charge in [0.1, 0.15) is 0 Å². The minimum atomic E-state index is -5.21. The van der Waals surface area contributed by atoms with E-state index in [9.17, 15) is 30.4 Å². The van der Waals surface area contributed by atoms with Crippen LogP contribution < -0.4 is 0 Å². The van der Waals surface area contributed by atoms with Gasteiger partial charge < -0.3 is 0 Å². The molecule has 0 fully saturated rings. The number of hydrogen-bond acceptors (Lipinski definition) is 3. The molecule has 0 aliphatic carbocycles. The van der Waals surface area contributed by atoms with Crippen LogP contribution in [0.4, 0.5) is 22.0 Å². The first-order valence-electron chi connectivity index (χ1n) is 2.38. The van der Waals surface area contributed by atoms with Crippen LogP contribution in [0.5, 0.6) is 0 Å². The Kier molecular flexibility index (Phi) is 3.39. The highest BCUT2D eigenvalue weighted by Gasteiger charge is 2.37. The van der Waals surface area contributed by atoms with Gasteiger partial charge in [-0.25, -0.2) is 4.18 Å². The molecule has 0 saturated carbocycles. The van der Waals surface area contributed by atoms with Crippen molar-refractivity contribution in [3.8, 4) is 0 Å². The maximum absolute atomic E-state index is 11.3. The van der Waals surface area contributed by atoms with Crippen molar-refractivity contribution in [3.05, 3.63) is 0 Å². The first kappa shape index (κ1) is 11.6. The molecule has 12 heavy (non-hydrogen) atoms. The van der Waals surface area contributed by atoms with E-state index in [0.29, 0.717) is 0 Å². The summed E-state index contributed by atoms with van der Waals surface area (Å²) < 4.78 is 79.0. The molecule has 0 radical (unpaired) electrons. The predicted molar refractivity (Wildman–Crippen MR) is 26.9 cm³/mol. The van der Waals surface area contributed by atoms with E-state index in [1.54, 1.807) is 0 Å². The third-order valence-corrected chi connectivity index (χ3v) is 1.68. The molecular weight excluding hydrogens is 211 g/mol. The van der Waals surface area contributed by atoms with Crippen LogP contribution >= 0.6 is 0 Å². The molecule has 0 heterocycles. The molecule has 0 unspecified atom stereocenters. The Morgan fingerprint density at radius 2 is 1.67 bits per heavy atom. The third-order valence-electron chi connectivity index (χ3n) is 0.560. The summed E-state index contributed by atoms with van der Waals surface area (Å²) >= 11 is 0. The second kappa shape index (κ2) is 3.52. The largest absolute Gasteiger partial charge is 0.405 e. The summed E-state index contributed by atoms with van der Waals surface area (Å²) in [7, 11) is -5.21. The van der Waals surface area contributed by atoms with Gasteiger partial charge in [0.05, 0.1) is 0 Å². The molecular formula is C3H3F5O3S. The summed E-state index contributed by atoms with van der Waals surface area (Å²) in [4.78, 5) is 0. The second-order valence-electron chi connectivity index (χ2n) is 1.67. The highest BCUT2D eigenvalue weighted by molar-refractivity contribution is 7.86. The van der Waals surface area contributed by atoms with Crippen LogP contribution in [0.3, 0.4) is 0 Å². The van der Waals surface area contributed by atoms with Crippen LogP contribution in [-0.4, -0.2) is 27.0 Å². The minimum Gasteiger partial charge on any atom is -0.203 e. The Morgan fingerprint density at radius 1 is 1.25 bits per heavy atom. The quantitative estimate of drug-likeness (QED) is 0.522. The van der Waals surface area contributed by atoms with Crippen LogP contribution in [0.15, 0.2) is 0 Å². The molecule has 0 saturated heterocycles. The fourth-order valence-electron chi connectivity index (χ4n) is 0.345. The zero-order valence-electron chi connectivity index (χ0n) is 5.31. The molecule has 74 valence electrons. The van der Waals surface area contributed by atoms with E-state index in [1.807, 2.05) is 0 Å². The maximum atomic E-state index is 11.3. The Hall–Kier alpha value is -0.440. The molecule has 0 aliphatic rings. The van der Waals surface area contributed by atoms with Gasteiger partial charge in [-0.1, -0.05) is 0 Å². The van der Waals surface area contributed by atoms with E-state index < -0.39 is 28.7 Å². The molecule has 0 spiro atoms. The van der Waals surface area contributed by atoms with Gasteiger partial charge in [0.25, 0.3) is 10.1 Å². The van der Waals surface area contributed by atoms with Gasteiger partial charge in [0.15, 0.2) is 5.75 Å². The Labute approximate surface area is 64.2 Å². The lowest BCUT2D eigenvalue weighted by Gasteiger charge is -2.06. The van der Waals surface area contributed by atoms with Crippen LogP contribution in [-0.2, 0) is 14.3 Å². The molecule has 0 amide bonds. The van der Waals surface area contributed by atoms with Crippen molar-refractivity contribution < 1.29 is 34.6 Å². The lowest BCUT2D eigenvalue weighted by atomic mass is 10.8. The average molecular weight is 214 g/mol. The molecule has 0 aliphatic heterocycles. The summed E-state index contributed by atoms with van der Waals surface area (Å²) in [6.45, 7) is -3.77. The van der Waals surface area contributed by atoms with Gasteiger partial charge in [-0.05, 0) is 0 Å². The van der Waals surface area contributed by atoms with Crippen molar-refractivity contribution in [2.24, 2.45) is 0 Å². The Balaban J connectivity index is 4.26. The van der Waals surface area contributed by atoms with Crippen molar-refractivity contribution in [1.82, 2.24) is 0 Å². The normalized spacial score (nSPS) is 13.8. The van der Waals surface area contributed by atoms with Crippen molar-refractivity contribution in [1.29, 1.82) is 0 Å². The summed E-state index contributed by atoms with van der Waals surface area (Å²) in [6, 6.07) is 0. The van der Waals surface area contributed by atoms with Crippen molar-refractivity contribution >= 4 is 10.1 Å². The molecule has 0 aromatic rings. The molecule has 0 N–H and O–H groups in total. The number of halogens is 5. The lowest BCUT2D eigenvalue weighted by molar-refractivity contribution is -0.110. The van der Waals surface area contributed by atoms with E-state index in [-0.39, 0.29) is 0 Å². The van der Waals surface area contributed by atoms with Gasteiger partial charge in [0, 0.05) is 0 Å². The fraction of sp³-hybridized carbons (Fsp3) is 1.00. The summed E-state index contributed by atoms with van der Waals surface area (Å²) in [5, 5.41) is 0. The SMILES string of the molecule is O=S(=O)(CC(F)(F)F)OC(F)F. The van der Waals surface area contributed by atoms with Crippen LogP contribution in [0.25, 0.3) is 0 Å². The van der Waals surface area contributed by atoms with Crippen LogP contribution in [0.2, 0.25) is 0 Å². The van der Waals surface area contributed by atoms with E-state index in [4.69, 9.17) is 0 Å². The predicted octanol–water partition coefficient (Wildman–Crippen LogP) is 1.12. The highest BCUT2D eigenvalue weighted by atomic mass is 32.2. The first-order chi connectivity index (χ1) is 5.12. The molecule has 0 aromatic heterocycles. The van der Waals surface area contributed by atoms with Crippen molar-refractivity contribution in [3.63, 3.8) is 0 Å². The second-order valence-corrected chi connectivity index (χ2v) is 3.27. The van der Waals surface area contributed by atoms with Crippen LogP contribution in [0.1, 0.15) is 0 Å². The standard InChI is InChI=1S/C3H3F5O3S/c4-2(5)11-12(9,10)1-3(6,7)8/h2H,1H2. The number of hydrogen-bond donors (Lipinski definition) is 0. The van der Waals surface area contributed by atoms with E-state index in [2.05, 4.69) is 4.18 Å². The first-order valence-corrected chi connectivity index (χ1v) is 3.96. The van der Waals surface area contributed by atoms with Gasteiger partial charge in [-0.2, -0.15) is 30.4 Å². The van der Waals surface area contributed by atoms with Crippen LogP contribution in [0, 0.1) is 0 Å². The highest BCUT2D eigenvalue weighted by Crippen LogP contribution is 2.19. The zero-order valence-corrected chi connectivity index (χ0v) is 6.12. The zero-order chi connectivity index (χ0) is 9.99. The molecule has 0 rings (SSSR count). The number of rotatable bonds is 3. The van der Waals surface area contributed by atoms with Gasteiger partial charge in [-0.3, -0.25) is 0 Å². The van der Waals surface area contributed by atoms with Gasteiger partial charge in [0.2, 0.25) is 0 Å². The molecule has 9 heteroatoms. The summed E-state index contributed by atoms with van der Waals surface area (Å²) in [5.74, 6) is -2.41. The van der Waals surface area contributed by atoms with Gasteiger partial charge in [-0.15, -0.1) is 0 Å². The van der Waals surface area contributed by atoms with Gasteiger partial charge >= 0.3 is 12.8 Å². The molecule has 0 atom stereocenters. The van der Waals surface area contributed by atoms with E-state index >= 15 is 0 Å². The smallest absolute Gasteiger partial charge is 0.203 e. The molecule has 0 aromatic carbocycles. The third kappa shape index (κ3) is 6.28. The van der Waals surface area contributed by atoms with Crippen molar-refractivity contribution in [2.75, 3.05) is 5.75 Å². The molecule has 0 bridgehead atoms. The summed E-state index contributed by atoms with van der Waals surface area (Å²) in [6.07, 6.45) is -5.08. The minimum absolute atomic E-state index is 2.41. The average Bonchev–Trinajstić information content (AvgIpc) is 1.48. The lowest BCUT2D eigenvalue weighted by Crippen LogP contribution is -2.25. The fourth-order valence-corrected chi connectivity index (χ4v) is 1.04. The summed E-state index contributed by atoms with van der Waals surface area (Å²) in [5.41, 5.74) is 0.